The summed E-state index contributed by atoms with van der Waals surface area (Å²) in [6, 6.07) is 10.2. The molecule has 2 rings (SSSR count). The van der Waals surface area contributed by atoms with E-state index in [-0.39, 0.29) is 18.2 Å². The molecule has 1 heterocycles. The number of hydrogen-bond donors (Lipinski definition) is 0. The SMILES string of the molecule is C[C@@H]1CN(C)C[C@@H](C)N1C(=O)OCc1ccccc1. The molecule has 0 unspecified atom stereocenters. The van der Waals surface area contributed by atoms with E-state index in [0.717, 1.165) is 18.7 Å². The van der Waals surface area contributed by atoms with Gasteiger partial charge < -0.3 is 14.5 Å². The summed E-state index contributed by atoms with van der Waals surface area (Å²) in [6.45, 7) is 6.26. The van der Waals surface area contributed by atoms with Gasteiger partial charge in [0.25, 0.3) is 0 Å². The normalized spacial score (nSPS) is 24.3. The molecule has 1 aliphatic heterocycles. The van der Waals surface area contributed by atoms with Crippen LogP contribution in [0, 0.1) is 0 Å². The Kier molecular flexibility index (Phi) is 4.43. The lowest BCUT2D eigenvalue weighted by Crippen LogP contribution is -2.57. The maximum atomic E-state index is 12.2. The summed E-state index contributed by atoms with van der Waals surface area (Å²) in [7, 11) is 2.08. The molecular weight excluding hydrogens is 240 g/mol. The third-order valence-corrected chi connectivity index (χ3v) is 3.52. The molecule has 0 saturated carbocycles. The standard InChI is InChI=1S/C15H22N2O2/c1-12-9-16(3)10-13(2)17(12)15(18)19-11-14-7-5-4-6-8-14/h4-8,12-13H,9-11H2,1-3H3/t12-,13-/m1/s1. The highest BCUT2D eigenvalue weighted by atomic mass is 16.6. The number of hydrogen-bond acceptors (Lipinski definition) is 3. The second-order valence-electron chi connectivity index (χ2n) is 5.37. The predicted octanol–water partition coefficient (Wildman–Crippen LogP) is 2.35. The van der Waals surface area contributed by atoms with Crippen LogP contribution in [0.4, 0.5) is 4.79 Å². The zero-order valence-electron chi connectivity index (χ0n) is 11.9. The summed E-state index contributed by atoms with van der Waals surface area (Å²) in [5, 5.41) is 0. The minimum Gasteiger partial charge on any atom is -0.445 e. The molecule has 4 nitrogen and oxygen atoms in total. The van der Waals surface area contributed by atoms with Crippen LogP contribution in [0.3, 0.4) is 0 Å². The number of carbonyl (C=O) groups excluding carboxylic acids is 1. The first kappa shape index (κ1) is 13.9. The van der Waals surface area contributed by atoms with Crippen LogP contribution in [0.15, 0.2) is 30.3 Å². The molecule has 1 aromatic carbocycles. The summed E-state index contributed by atoms with van der Waals surface area (Å²) in [4.78, 5) is 16.3. The van der Waals surface area contributed by atoms with Crippen LogP contribution in [0.1, 0.15) is 19.4 Å². The topological polar surface area (TPSA) is 32.8 Å². The molecule has 1 aromatic rings. The van der Waals surface area contributed by atoms with Crippen molar-refractivity contribution in [3.05, 3.63) is 35.9 Å². The van der Waals surface area contributed by atoms with Gasteiger partial charge in [-0.3, -0.25) is 0 Å². The number of ether oxygens (including phenoxy) is 1. The molecule has 19 heavy (non-hydrogen) atoms. The molecule has 0 aliphatic carbocycles. The largest absolute Gasteiger partial charge is 0.445 e. The fourth-order valence-electron chi connectivity index (χ4n) is 2.74. The number of piperazine rings is 1. The number of benzene rings is 1. The van der Waals surface area contributed by atoms with Crippen molar-refractivity contribution in [2.24, 2.45) is 0 Å². The molecule has 1 aliphatic rings. The second kappa shape index (κ2) is 6.06. The molecule has 104 valence electrons. The van der Waals surface area contributed by atoms with E-state index in [0.29, 0.717) is 6.61 Å². The van der Waals surface area contributed by atoms with Gasteiger partial charge in [-0.15, -0.1) is 0 Å². The minimum absolute atomic E-state index is 0.192. The number of carbonyl (C=O) groups is 1. The molecule has 0 radical (unpaired) electrons. The van der Waals surface area contributed by atoms with Crippen LogP contribution >= 0.6 is 0 Å². The van der Waals surface area contributed by atoms with E-state index in [4.69, 9.17) is 4.74 Å². The van der Waals surface area contributed by atoms with Gasteiger partial charge in [0.1, 0.15) is 6.61 Å². The van der Waals surface area contributed by atoms with Crippen LogP contribution in [0.25, 0.3) is 0 Å². The summed E-state index contributed by atoms with van der Waals surface area (Å²) >= 11 is 0. The van der Waals surface area contributed by atoms with Gasteiger partial charge in [-0.1, -0.05) is 30.3 Å². The first-order valence-corrected chi connectivity index (χ1v) is 6.75. The lowest BCUT2D eigenvalue weighted by atomic mass is 10.1. The molecule has 0 aromatic heterocycles. The zero-order valence-corrected chi connectivity index (χ0v) is 11.9. The Bertz CT molecular complexity index is 409. The average molecular weight is 262 g/mol. The second-order valence-corrected chi connectivity index (χ2v) is 5.37. The van der Waals surface area contributed by atoms with Crippen molar-refractivity contribution in [2.75, 3.05) is 20.1 Å². The summed E-state index contributed by atoms with van der Waals surface area (Å²) < 4.78 is 5.41. The molecule has 0 spiro atoms. The van der Waals surface area contributed by atoms with Crippen molar-refractivity contribution in [3.8, 4) is 0 Å². The number of rotatable bonds is 2. The van der Waals surface area contributed by atoms with Gasteiger partial charge in [0.05, 0.1) is 0 Å². The number of amides is 1. The highest BCUT2D eigenvalue weighted by Crippen LogP contribution is 2.16. The van der Waals surface area contributed by atoms with E-state index in [1.165, 1.54) is 0 Å². The molecular formula is C15H22N2O2. The van der Waals surface area contributed by atoms with E-state index < -0.39 is 0 Å². The van der Waals surface area contributed by atoms with Crippen LogP contribution in [0.5, 0.6) is 0 Å². The monoisotopic (exact) mass is 262 g/mol. The van der Waals surface area contributed by atoms with Crippen LogP contribution in [-0.4, -0.2) is 48.1 Å². The first-order chi connectivity index (χ1) is 9.08. The van der Waals surface area contributed by atoms with Gasteiger partial charge in [-0.25, -0.2) is 4.79 Å². The quantitative estimate of drug-likeness (QED) is 0.820. The van der Waals surface area contributed by atoms with Gasteiger partial charge in [0, 0.05) is 25.2 Å². The van der Waals surface area contributed by atoms with E-state index in [1.54, 1.807) is 0 Å². The van der Waals surface area contributed by atoms with E-state index in [2.05, 4.69) is 25.8 Å². The highest BCUT2D eigenvalue weighted by molar-refractivity contribution is 5.68. The van der Waals surface area contributed by atoms with Crippen molar-refractivity contribution in [1.29, 1.82) is 0 Å². The van der Waals surface area contributed by atoms with E-state index >= 15 is 0 Å². The smallest absolute Gasteiger partial charge is 0.410 e. The van der Waals surface area contributed by atoms with Crippen LogP contribution in [-0.2, 0) is 11.3 Å². The summed E-state index contributed by atoms with van der Waals surface area (Å²) in [6.07, 6.45) is -0.211. The van der Waals surface area contributed by atoms with Gasteiger partial charge in [0.15, 0.2) is 0 Å². The fourth-order valence-corrected chi connectivity index (χ4v) is 2.74. The maximum Gasteiger partial charge on any atom is 0.410 e. The number of likely N-dealkylation sites (N-methyl/N-ethyl adjacent to an activating group) is 1. The van der Waals surface area contributed by atoms with Crippen molar-refractivity contribution in [1.82, 2.24) is 9.80 Å². The zero-order chi connectivity index (χ0) is 13.8. The Labute approximate surface area is 115 Å². The minimum atomic E-state index is -0.211. The summed E-state index contributed by atoms with van der Waals surface area (Å²) in [5.41, 5.74) is 1.02. The van der Waals surface area contributed by atoms with Gasteiger partial charge in [-0.05, 0) is 26.5 Å². The third-order valence-electron chi connectivity index (χ3n) is 3.52. The average Bonchev–Trinajstić information content (AvgIpc) is 2.36. The molecule has 4 heteroatoms. The van der Waals surface area contributed by atoms with Crippen molar-refractivity contribution in [3.63, 3.8) is 0 Å². The Hall–Kier alpha value is -1.55. The molecule has 0 N–H and O–H groups in total. The predicted molar refractivity (Wildman–Crippen MR) is 74.9 cm³/mol. The first-order valence-electron chi connectivity index (χ1n) is 6.75. The van der Waals surface area contributed by atoms with Gasteiger partial charge >= 0.3 is 6.09 Å². The fraction of sp³-hybridized carbons (Fsp3) is 0.533. The lowest BCUT2D eigenvalue weighted by Gasteiger charge is -2.42. The molecule has 0 bridgehead atoms. The van der Waals surface area contributed by atoms with Gasteiger partial charge in [0.2, 0.25) is 0 Å². The molecule has 1 saturated heterocycles. The molecule has 1 fully saturated rings. The lowest BCUT2D eigenvalue weighted by molar-refractivity contribution is 0.0285. The summed E-state index contributed by atoms with van der Waals surface area (Å²) in [5.74, 6) is 0. The highest BCUT2D eigenvalue weighted by Gasteiger charge is 2.32. The van der Waals surface area contributed by atoms with E-state index in [9.17, 15) is 4.79 Å². The van der Waals surface area contributed by atoms with Crippen molar-refractivity contribution >= 4 is 6.09 Å². The van der Waals surface area contributed by atoms with E-state index in [1.807, 2.05) is 35.2 Å². The Morgan fingerprint density at radius 1 is 1.21 bits per heavy atom. The van der Waals surface area contributed by atoms with Crippen LogP contribution < -0.4 is 0 Å². The Morgan fingerprint density at radius 3 is 2.37 bits per heavy atom. The third kappa shape index (κ3) is 3.47. The molecule has 2 atom stereocenters. The van der Waals surface area contributed by atoms with Crippen molar-refractivity contribution < 1.29 is 9.53 Å². The van der Waals surface area contributed by atoms with Crippen molar-refractivity contribution in [2.45, 2.75) is 32.5 Å². The maximum absolute atomic E-state index is 12.2. The van der Waals surface area contributed by atoms with Crippen LogP contribution in [0.2, 0.25) is 0 Å². The molecule has 1 amide bonds. The Balaban J connectivity index is 1.92. The number of nitrogens with zero attached hydrogens (tertiary/aromatic N) is 2. The Morgan fingerprint density at radius 2 is 1.79 bits per heavy atom. The van der Waals surface area contributed by atoms with Gasteiger partial charge in [-0.2, -0.15) is 0 Å².